The fraction of sp³-hybridized carbons (Fsp3) is 0.435. The van der Waals surface area contributed by atoms with Crippen molar-refractivity contribution in [2.45, 2.75) is 24.8 Å². The number of hydrogen-bond acceptors (Lipinski definition) is 4. The zero-order chi connectivity index (χ0) is 22.1. The standard InChI is InChI=1S/C23H32N4O3S/c1-19-8-10-22(11-9-19)31(28,29)26-14-13-25-23(24-2)27-15-12-21(16-27)18-30-17-20-6-4-3-5-7-20/h3-11,21,26H,12-18H2,1-2H3,(H,24,25). The fourth-order valence-electron chi connectivity index (χ4n) is 3.57. The second-order valence-corrected chi connectivity index (χ2v) is 9.55. The molecular formula is C23H32N4O3S. The van der Waals surface area contributed by atoms with Gasteiger partial charge in [-0.3, -0.25) is 4.99 Å². The van der Waals surface area contributed by atoms with Crippen LogP contribution in [0.25, 0.3) is 0 Å². The van der Waals surface area contributed by atoms with Gasteiger partial charge in [0.15, 0.2) is 5.96 Å². The molecule has 0 aliphatic carbocycles. The quantitative estimate of drug-likeness (QED) is 0.353. The molecule has 2 aromatic carbocycles. The number of nitrogens with one attached hydrogen (secondary N) is 2. The maximum Gasteiger partial charge on any atom is 0.240 e. The zero-order valence-electron chi connectivity index (χ0n) is 18.3. The molecule has 0 bridgehead atoms. The van der Waals surface area contributed by atoms with Crippen LogP contribution in [0.3, 0.4) is 0 Å². The fourth-order valence-corrected chi connectivity index (χ4v) is 4.60. The number of aryl methyl sites for hydroxylation is 1. The van der Waals surface area contributed by atoms with Crippen LogP contribution in [0, 0.1) is 12.8 Å². The highest BCUT2D eigenvalue weighted by Crippen LogP contribution is 2.17. The average Bonchev–Trinajstić information content (AvgIpc) is 3.23. The molecule has 0 radical (unpaired) electrons. The lowest BCUT2D eigenvalue weighted by Crippen LogP contribution is -2.43. The van der Waals surface area contributed by atoms with Crippen molar-refractivity contribution in [1.29, 1.82) is 0 Å². The molecule has 2 aromatic rings. The lowest BCUT2D eigenvalue weighted by molar-refractivity contribution is 0.0907. The molecule has 1 fully saturated rings. The number of likely N-dealkylation sites (tertiary alicyclic amines) is 1. The van der Waals surface area contributed by atoms with Gasteiger partial charge in [0, 0.05) is 39.1 Å². The molecule has 2 N–H and O–H groups in total. The molecule has 7 nitrogen and oxygen atoms in total. The molecule has 168 valence electrons. The SMILES string of the molecule is CN=C(NCCNS(=O)(=O)c1ccc(C)cc1)N1CCC(COCc2ccccc2)C1. The van der Waals surface area contributed by atoms with E-state index in [0.717, 1.165) is 37.6 Å². The highest BCUT2D eigenvalue weighted by atomic mass is 32.2. The van der Waals surface area contributed by atoms with Crippen LogP contribution in [0.2, 0.25) is 0 Å². The third-order valence-electron chi connectivity index (χ3n) is 5.29. The monoisotopic (exact) mass is 444 g/mol. The van der Waals surface area contributed by atoms with E-state index in [9.17, 15) is 8.42 Å². The van der Waals surface area contributed by atoms with Gasteiger partial charge in [0.25, 0.3) is 0 Å². The molecule has 8 heteroatoms. The van der Waals surface area contributed by atoms with Crippen LogP contribution in [0.4, 0.5) is 0 Å². The molecular weight excluding hydrogens is 412 g/mol. The number of sulfonamides is 1. The molecule has 3 rings (SSSR count). The van der Waals surface area contributed by atoms with E-state index in [1.165, 1.54) is 5.56 Å². The molecule has 0 aromatic heterocycles. The molecule has 0 amide bonds. The largest absolute Gasteiger partial charge is 0.376 e. The minimum Gasteiger partial charge on any atom is -0.376 e. The van der Waals surface area contributed by atoms with Gasteiger partial charge in [-0.25, -0.2) is 13.1 Å². The molecule has 1 aliphatic heterocycles. The van der Waals surface area contributed by atoms with E-state index in [2.05, 4.69) is 32.1 Å². The molecule has 0 saturated carbocycles. The van der Waals surface area contributed by atoms with Crippen molar-refractivity contribution in [1.82, 2.24) is 14.9 Å². The molecule has 1 atom stereocenters. The van der Waals surface area contributed by atoms with Crippen molar-refractivity contribution in [2.75, 3.05) is 39.8 Å². The summed E-state index contributed by atoms with van der Waals surface area (Å²) in [6.07, 6.45) is 1.05. The number of nitrogens with zero attached hydrogens (tertiary/aromatic N) is 2. The van der Waals surface area contributed by atoms with Crippen LogP contribution < -0.4 is 10.0 Å². The highest BCUT2D eigenvalue weighted by Gasteiger charge is 2.25. The summed E-state index contributed by atoms with van der Waals surface area (Å²) >= 11 is 0. The molecule has 31 heavy (non-hydrogen) atoms. The van der Waals surface area contributed by atoms with Gasteiger partial charge in [-0.2, -0.15) is 0 Å². The maximum absolute atomic E-state index is 12.4. The van der Waals surface area contributed by atoms with Crippen LogP contribution in [0.15, 0.2) is 64.5 Å². The molecule has 0 spiro atoms. The van der Waals surface area contributed by atoms with E-state index in [1.54, 1.807) is 31.3 Å². The number of benzene rings is 2. The van der Waals surface area contributed by atoms with Crippen LogP contribution >= 0.6 is 0 Å². The Hall–Kier alpha value is -2.42. The Balaban J connectivity index is 1.37. The Morgan fingerprint density at radius 3 is 2.58 bits per heavy atom. The molecule has 1 saturated heterocycles. The lowest BCUT2D eigenvalue weighted by atomic mass is 10.1. The maximum atomic E-state index is 12.4. The first-order chi connectivity index (χ1) is 15.0. The smallest absolute Gasteiger partial charge is 0.240 e. The van der Waals surface area contributed by atoms with Gasteiger partial charge < -0.3 is 15.0 Å². The first-order valence-corrected chi connectivity index (χ1v) is 12.1. The molecule has 1 unspecified atom stereocenters. The Morgan fingerprint density at radius 1 is 1.13 bits per heavy atom. The van der Waals surface area contributed by atoms with E-state index in [0.29, 0.717) is 19.1 Å². The molecule has 1 heterocycles. The van der Waals surface area contributed by atoms with E-state index >= 15 is 0 Å². The predicted molar refractivity (Wildman–Crippen MR) is 124 cm³/mol. The Morgan fingerprint density at radius 2 is 1.87 bits per heavy atom. The van der Waals surface area contributed by atoms with Gasteiger partial charge in [-0.15, -0.1) is 0 Å². The summed E-state index contributed by atoms with van der Waals surface area (Å²) in [5.74, 6) is 1.25. The summed E-state index contributed by atoms with van der Waals surface area (Å²) in [6.45, 7) is 5.82. The topological polar surface area (TPSA) is 83.0 Å². The van der Waals surface area contributed by atoms with Crippen molar-refractivity contribution in [3.05, 3.63) is 65.7 Å². The second-order valence-electron chi connectivity index (χ2n) is 7.79. The number of guanidine groups is 1. The highest BCUT2D eigenvalue weighted by molar-refractivity contribution is 7.89. The van der Waals surface area contributed by atoms with Crippen LogP contribution in [-0.4, -0.2) is 59.1 Å². The normalized spacial score (nSPS) is 17.2. The van der Waals surface area contributed by atoms with Gasteiger partial charge in [0.1, 0.15) is 0 Å². The average molecular weight is 445 g/mol. The van der Waals surface area contributed by atoms with Crippen LogP contribution in [0.5, 0.6) is 0 Å². The summed E-state index contributed by atoms with van der Waals surface area (Å²) in [5, 5.41) is 3.26. The summed E-state index contributed by atoms with van der Waals surface area (Å²) in [6, 6.07) is 17.0. The first-order valence-electron chi connectivity index (χ1n) is 10.6. The summed E-state index contributed by atoms with van der Waals surface area (Å²) in [5.41, 5.74) is 2.21. The van der Waals surface area contributed by atoms with Crippen LogP contribution in [-0.2, 0) is 21.4 Å². The predicted octanol–water partition coefficient (Wildman–Crippen LogP) is 2.39. The minimum absolute atomic E-state index is 0.278. The van der Waals surface area contributed by atoms with Crippen molar-refractivity contribution in [3.8, 4) is 0 Å². The summed E-state index contributed by atoms with van der Waals surface area (Å²) in [4.78, 5) is 6.83. The van der Waals surface area contributed by atoms with Crippen molar-refractivity contribution in [3.63, 3.8) is 0 Å². The number of rotatable bonds is 9. The summed E-state index contributed by atoms with van der Waals surface area (Å²) in [7, 11) is -1.75. The van der Waals surface area contributed by atoms with Gasteiger partial charge in [0.2, 0.25) is 10.0 Å². The Bertz CT molecular complexity index is 947. The lowest BCUT2D eigenvalue weighted by Gasteiger charge is -2.22. The number of ether oxygens (including phenoxy) is 1. The number of aliphatic imine (C=N–C) groups is 1. The van der Waals surface area contributed by atoms with Crippen molar-refractivity contribution >= 4 is 16.0 Å². The minimum atomic E-state index is -3.50. The van der Waals surface area contributed by atoms with Gasteiger partial charge in [-0.1, -0.05) is 48.0 Å². The van der Waals surface area contributed by atoms with E-state index < -0.39 is 10.0 Å². The zero-order valence-corrected chi connectivity index (χ0v) is 19.1. The first kappa shape index (κ1) is 23.2. The van der Waals surface area contributed by atoms with Gasteiger partial charge in [0.05, 0.1) is 18.1 Å². The number of hydrogen-bond donors (Lipinski definition) is 2. The Labute approximate surface area is 185 Å². The van der Waals surface area contributed by atoms with E-state index in [4.69, 9.17) is 4.74 Å². The third kappa shape index (κ3) is 7.05. The third-order valence-corrected chi connectivity index (χ3v) is 6.77. The van der Waals surface area contributed by atoms with Crippen LogP contribution in [0.1, 0.15) is 17.5 Å². The molecule has 1 aliphatic rings. The Kier molecular flexibility index (Phi) is 8.45. The van der Waals surface area contributed by atoms with Gasteiger partial charge >= 0.3 is 0 Å². The van der Waals surface area contributed by atoms with E-state index in [-0.39, 0.29) is 11.4 Å². The van der Waals surface area contributed by atoms with E-state index in [1.807, 2.05) is 25.1 Å². The van der Waals surface area contributed by atoms with Crippen molar-refractivity contribution < 1.29 is 13.2 Å². The summed E-state index contributed by atoms with van der Waals surface area (Å²) < 4.78 is 33.3. The van der Waals surface area contributed by atoms with Crippen molar-refractivity contribution in [2.24, 2.45) is 10.9 Å². The second kappa shape index (κ2) is 11.3. The van der Waals surface area contributed by atoms with Gasteiger partial charge in [-0.05, 0) is 31.0 Å².